The molecule has 0 fully saturated rings. The summed E-state index contributed by atoms with van der Waals surface area (Å²) >= 11 is 0. The number of carbonyl (C=O) groups is 2. The van der Waals surface area contributed by atoms with Crippen LogP contribution < -0.4 is 9.47 Å². The van der Waals surface area contributed by atoms with E-state index in [1.54, 1.807) is 74.5 Å². The van der Waals surface area contributed by atoms with Gasteiger partial charge in [-0.2, -0.15) is 0 Å². The molecule has 0 aliphatic rings. The first kappa shape index (κ1) is 24.9. The van der Waals surface area contributed by atoms with Gasteiger partial charge in [-0.25, -0.2) is 9.59 Å². The van der Waals surface area contributed by atoms with Crippen LogP contribution in [0.3, 0.4) is 0 Å². The second-order valence-corrected chi connectivity index (χ2v) is 6.33. The highest BCUT2D eigenvalue weighted by Gasteiger charge is 2.27. The van der Waals surface area contributed by atoms with Crippen molar-refractivity contribution in [2.24, 2.45) is 0 Å². The maximum Gasteiger partial charge on any atom is 0.347 e. The third-order valence-electron chi connectivity index (χ3n) is 4.03. The minimum Gasteiger partial charge on any atom is -0.478 e. The molecule has 8 nitrogen and oxygen atoms in total. The van der Waals surface area contributed by atoms with Gasteiger partial charge in [0.05, 0.1) is 0 Å². The van der Waals surface area contributed by atoms with Gasteiger partial charge in [0.15, 0.2) is 0 Å². The summed E-state index contributed by atoms with van der Waals surface area (Å²) in [5, 5.41) is 36.6. The summed E-state index contributed by atoms with van der Waals surface area (Å²) < 4.78 is 10.4. The third kappa shape index (κ3) is 8.50. The highest BCUT2D eigenvalue weighted by molar-refractivity contribution is 5.74. The molecule has 4 unspecified atom stereocenters. The molecule has 0 amide bonds. The van der Waals surface area contributed by atoms with Gasteiger partial charge < -0.3 is 29.9 Å². The molecule has 164 valence electrons. The topological polar surface area (TPSA) is 134 Å². The number of hydrogen-bond donors (Lipinski definition) is 4. The second kappa shape index (κ2) is 13.2. The lowest BCUT2D eigenvalue weighted by molar-refractivity contribution is -0.151. The summed E-state index contributed by atoms with van der Waals surface area (Å²) in [6, 6.07) is 17.2. The summed E-state index contributed by atoms with van der Waals surface area (Å²) in [7, 11) is 0. The van der Waals surface area contributed by atoms with Gasteiger partial charge in [0.25, 0.3) is 0 Å². The summed E-state index contributed by atoms with van der Waals surface area (Å²) in [6.07, 6.45) is -3.74. The van der Waals surface area contributed by atoms with Crippen molar-refractivity contribution in [1.29, 1.82) is 0 Å². The van der Waals surface area contributed by atoms with Crippen LogP contribution in [0.5, 0.6) is 11.5 Å². The van der Waals surface area contributed by atoms with Crippen molar-refractivity contribution in [2.45, 2.75) is 51.1 Å². The van der Waals surface area contributed by atoms with E-state index in [9.17, 15) is 19.8 Å². The Morgan fingerprint density at radius 2 is 1.00 bits per heavy atom. The van der Waals surface area contributed by atoms with Gasteiger partial charge in [-0.05, 0) is 37.1 Å². The summed E-state index contributed by atoms with van der Waals surface area (Å²) in [5.74, 6) is -1.43. The minimum absolute atomic E-state index is 0.337. The molecule has 0 heterocycles. The molecule has 0 spiro atoms. The van der Waals surface area contributed by atoms with Gasteiger partial charge in [-0.3, -0.25) is 0 Å². The lowest BCUT2D eigenvalue weighted by Crippen LogP contribution is -2.38. The lowest BCUT2D eigenvalue weighted by atomic mass is 10.1. The van der Waals surface area contributed by atoms with E-state index in [1.807, 2.05) is 0 Å². The number of carboxylic acid groups (broad SMARTS) is 2. The number of rotatable bonds is 10. The summed E-state index contributed by atoms with van der Waals surface area (Å²) in [4.78, 5) is 21.6. The van der Waals surface area contributed by atoms with Gasteiger partial charge in [-0.15, -0.1) is 0 Å². The molecule has 0 saturated carbocycles. The fraction of sp³-hybridized carbons (Fsp3) is 0.364. The van der Waals surface area contributed by atoms with Crippen molar-refractivity contribution in [2.75, 3.05) is 0 Å². The highest BCUT2D eigenvalue weighted by atomic mass is 16.5. The molecule has 30 heavy (non-hydrogen) atoms. The molecule has 0 saturated heterocycles. The molecule has 8 heteroatoms. The van der Waals surface area contributed by atoms with Gasteiger partial charge in [0, 0.05) is 0 Å². The molecule has 2 aromatic rings. The predicted molar refractivity (Wildman–Crippen MR) is 110 cm³/mol. The zero-order chi connectivity index (χ0) is 22.5. The van der Waals surface area contributed by atoms with Crippen LogP contribution in [-0.4, -0.2) is 56.8 Å². The zero-order valence-corrected chi connectivity index (χ0v) is 16.9. The number of hydrogen-bond acceptors (Lipinski definition) is 6. The Balaban J connectivity index is 0.000000300. The van der Waals surface area contributed by atoms with Crippen molar-refractivity contribution in [3.8, 4) is 11.5 Å². The second-order valence-electron chi connectivity index (χ2n) is 6.33. The highest BCUT2D eigenvalue weighted by Crippen LogP contribution is 2.15. The largest absolute Gasteiger partial charge is 0.478 e. The van der Waals surface area contributed by atoms with E-state index in [2.05, 4.69) is 0 Å². The van der Waals surface area contributed by atoms with E-state index in [-0.39, 0.29) is 0 Å². The number of carboxylic acids is 2. The summed E-state index contributed by atoms with van der Waals surface area (Å²) in [5.41, 5.74) is 0. The van der Waals surface area contributed by atoms with E-state index in [1.165, 1.54) is 0 Å². The smallest absolute Gasteiger partial charge is 0.347 e. The molecule has 2 rings (SSSR count). The maximum atomic E-state index is 10.8. The SMILES string of the molecule is CCC(O)C(Oc1ccccc1)C(=O)O.CCC(O)C(Oc1ccccc1)C(=O)O. The van der Waals surface area contributed by atoms with Crippen molar-refractivity contribution in [3.05, 3.63) is 60.7 Å². The van der Waals surface area contributed by atoms with Crippen LogP contribution in [-0.2, 0) is 9.59 Å². The first-order valence-electron chi connectivity index (χ1n) is 9.55. The third-order valence-corrected chi connectivity index (χ3v) is 4.03. The number of aliphatic hydroxyl groups excluding tert-OH is 2. The van der Waals surface area contributed by atoms with Crippen molar-refractivity contribution in [1.82, 2.24) is 0 Å². The fourth-order valence-corrected chi connectivity index (χ4v) is 2.31. The first-order chi connectivity index (χ1) is 14.3. The molecule has 0 aliphatic heterocycles. The molecule has 0 aromatic heterocycles. The molecule has 2 aromatic carbocycles. The number of benzene rings is 2. The number of aliphatic carboxylic acids is 2. The Morgan fingerprint density at radius 1 is 0.700 bits per heavy atom. The van der Waals surface area contributed by atoms with Gasteiger partial charge >= 0.3 is 11.9 Å². The van der Waals surface area contributed by atoms with Gasteiger partial charge in [-0.1, -0.05) is 50.2 Å². The number of aliphatic hydroxyl groups is 2. The van der Waals surface area contributed by atoms with Crippen LogP contribution in [0, 0.1) is 0 Å². The minimum atomic E-state index is -1.21. The maximum absolute atomic E-state index is 10.8. The first-order valence-corrected chi connectivity index (χ1v) is 9.55. The van der Waals surface area contributed by atoms with Crippen LogP contribution in [0.4, 0.5) is 0 Å². The average Bonchev–Trinajstić information content (AvgIpc) is 2.76. The molecule has 0 radical (unpaired) electrons. The zero-order valence-electron chi connectivity index (χ0n) is 16.9. The Morgan fingerprint density at radius 3 is 1.23 bits per heavy atom. The Kier molecular flexibility index (Phi) is 11.0. The monoisotopic (exact) mass is 420 g/mol. The quantitative estimate of drug-likeness (QED) is 0.461. The van der Waals surface area contributed by atoms with Crippen LogP contribution in [0.15, 0.2) is 60.7 Å². The molecule has 0 aliphatic carbocycles. The molecule has 4 N–H and O–H groups in total. The van der Waals surface area contributed by atoms with E-state index >= 15 is 0 Å². The van der Waals surface area contributed by atoms with Crippen LogP contribution >= 0.6 is 0 Å². The van der Waals surface area contributed by atoms with Crippen molar-refractivity contribution < 1.29 is 39.5 Å². The van der Waals surface area contributed by atoms with E-state index < -0.39 is 36.4 Å². The standard InChI is InChI=1S/2C11H14O4/c2*1-2-9(12)10(11(13)14)15-8-6-4-3-5-7-8/h2*3-7,9-10,12H,2H2,1H3,(H,13,14). The van der Waals surface area contributed by atoms with Crippen LogP contribution in [0.1, 0.15) is 26.7 Å². The van der Waals surface area contributed by atoms with Crippen molar-refractivity contribution in [3.63, 3.8) is 0 Å². The van der Waals surface area contributed by atoms with E-state index in [0.717, 1.165) is 0 Å². The van der Waals surface area contributed by atoms with Crippen LogP contribution in [0.2, 0.25) is 0 Å². The molecule has 0 bridgehead atoms. The van der Waals surface area contributed by atoms with Gasteiger partial charge in [0.2, 0.25) is 12.2 Å². The van der Waals surface area contributed by atoms with Crippen molar-refractivity contribution >= 4 is 11.9 Å². The molecular weight excluding hydrogens is 392 g/mol. The Hall–Kier alpha value is -3.10. The molecule has 4 atom stereocenters. The normalized spacial score (nSPS) is 14.3. The molecular formula is C22H28O8. The van der Waals surface area contributed by atoms with Gasteiger partial charge in [0.1, 0.15) is 23.7 Å². The Bertz CT molecular complexity index is 685. The number of ether oxygens (including phenoxy) is 2. The van der Waals surface area contributed by atoms with E-state index in [0.29, 0.717) is 24.3 Å². The summed E-state index contributed by atoms with van der Waals surface area (Å²) in [6.45, 7) is 3.41. The van der Waals surface area contributed by atoms with E-state index in [4.69, 9.17) is 19.7 Å². The predicted octanol–water partition coefficient (Wildman–Crippen LogP) is 2.58. The fourth-order valence-electron chi connectivity index (χ4n) is 2.31. The Labute approximate surface area is 175 Å². The van der Waals surface area contributed by atoms with Crippen LogP contribution in [0.25, 0.3) is 0 Å². The number of para-hydroxylation sites is 2. The lowest BCUT2D eigenvalue weighted by Gasteiger charge is -2.19. The average molecular weight is 420 g/mol.